The SMILES string of the molecule is COC(=O)c1ccc(CS(=O)(=O)N2CCN(Cc3ccc4c(c3)OCO4)CC2)cc1. The third-order valence-corrected chi connectivity index (χ3v) is 7.14. The fourth-order valence-corrected chi connectivity index (χ4v) is 5.14. The van der Waals surface area contributed by atoms with E-state index in [9.17, 15) is 13.2 Å². The van der Waals surface area contributed by atoms with Crippen molar-refractivity contribution in [1.82, 2.24) is 9.21 Å². The first-order chi connectivity index (χ1) is 14.4. The van der Waals surface area contributed by atoms with Gasteiger partial charge in [0.25, 0.3) is 0 Å². The summed E-state index contributed by atoms with van der Waals surface area (Å²) in [5.74, 6) is 0.987. The Morgan fingerprint density at radius 2 is 1.63 bits per heavy atom. The molecule has 0 radical (unpaired) electrons. The van der Waals surface area contributed by atoms with Crippen molar-refractivity contribution in [2.45, 2.75) is 12.3 Å². The maximum atomic E-state index is 12.8. The Hall–Kier alpha value is -2.62. The second-order valence-corrected chi connectivity index (χ2v) is 9.28. The van der Waals surface area contributed by atoms with Gasteiger partial charge >= 0.3 is 5.97 Å². The summed E-state index contributed by atoms with van der Waals surface area (Å²) in [7, 11) is -2.11. The van der Waals surface area contributed by atoms with Crippen LogP contribution in [0.1, 0.15) is 21.5 Å². The molecule has 1 fully saturated rings. The first kappa shape index (κ1) is 20.6. The van der Waals surface area contributed by atoms with Crippen molar-refractivity contribution in [3.05, 3.63) is 59.2 Å². The number of benzene rings is 2. The molecule has 0 bridgehead atoms. The quantitative estimate of drug-likeness (QED) is 0.644. The topological polar surface area (TPSA) is 85.4 Å². The number of hydrogen-bond donors (Lipinski definition) is 0. The molecule has 0 aliphatic carbocycles. The van der Waals surface area contributed by atoms with Gasteiger partial charge in [0.15, 0.2) is 11.5 Å². The minimum absolute atomic E-state index is 0.0867. The summed E-state index contributed by atoms with van der Waals surface area (Å²) in [5.41, 5.74) is 2.16. The van der Waals surface area contributed by atoms with Crippen molar-refractivity contribution in [3.8, 4) is 11.5 Å². The first-order valence-corrected chi connectivity index (χ1v) is 11.3. The number of piperazine rings is 1. The van der Waals surface area contributed by atoms with E-state index in [-0.39, 0.29) is 12.5 Å². The van der Waals surface area contributed by atoms with Gasteiger partial charge in [0, 0.05) is 32.7 Å². The Kier molecular flexibility index (Phi) is 5.94. The molecule has 2 aliphatic heterocycles. The smallest absolute Gasteiger partial charge is 0.337 e. The molecule has 2 aliphatic rings. The number of carbonyl (C=O) groups excluding carboxylic acids is 1. The van der Waals surface area contributed by atoms with Crippen molar-refractivity contribution in [3.63, 3.8) is 0 Å². The minimum Gasteiger partial charge on any atom is -0.465 e. The van der Waals surface area contributed by atoms with E-state index in [1.807, 2.05) is 18.2 Å². The molecule has 0 amide bonds. The summed E-state index contributed by atoms with van der Waals surface area (Å²) >= 11 is 0. The molecule has 0 atom stereocenters. The van der Waals surface area contributed by atoms with Crippen LogP contribution in [0.2, 0.25) is 0 Å². The average Bonchev–Trinajstić information content (AvgIpc) is 3.22. The molecular formula is C21H24N2O6S. The molecule has 8 nitrogen and oxygen atoms in total. The number of ether oxygens (including phenoxy) is 3. The molecule has 9 heteroatoms. The van der Waals surface area contributed by atoms with E-state index < -0.39 is 16.0 Å². The lowest BCUT2D eigenvalue weighted by Crippen LogP contribution is -2.48. The van der Waals surface area contributed by atoms with Crippen LogP contribution in [0.5, 0.6) is 11.5 Å². The van der Waals surface area contributed by atoms with Gasteiger partial charge in [-0.1, -0.05) is 18.2 Å². The van der Waals surface area contributed by atoms with E-state index in [1.54, 1.807) is 24.3 Å². The summed E-state index contributed by atoms with van der Waals surface area (Å²) in [5, 5.41) is 0. The maximum absolute atomic E-state index is 12.8. The Labute approximate surface area is 176 Å². The van der Waals surface area contributed by atoms with E-state index in [0.717, 1.165) is 23.6 Å². The van der Waals surface area contributed by atoms with E-state index in [4.69, 9.17) is 9.47 Å². The third-order valence-electron chi connectivity index (χ3n) is 5.29. The van der Waals surface area contributed by atoms with Crippen LogP contribution in [0.15, 0.2) is 42.5 Å². The standard InChI is InChI=1S/C21H24N2O6S/c1-27-21(24)18-5-2-16(3-6-18)14-30(25,26)23-10-8-22(9-11-23)13-17-4-7-19-20(12-17)29-15-28-19/h2-7,12H,8-11,13-15H2,1H3. The molecule has 4 rings (SSSR count). The number of rotatable bonds is 6. The van der Waals surface area contributed by atoms with Crippen LogP contribution < -0.4 is 9.47 Å². The fraction of sp³-hybridized carbons (Fsp3) is 0.381. The first-order valence-electron chi connectivity index (χ1n) is 9.70. The molecule has 30 heavy (non-hydrogen) atoms. The van der Waals surface area contributed by atoms with Gasteiger partial charge in [-0.05, 0) is 35.4 Å². The molecule has 2 heterocycles. The van der Waals surface area contributed by atoms with Crippen molar-refractivity contribution < 1.29 is 27.4 Å². The average molecular weight is 432 g/mol. The molecule has 0 unspecified atom stereocenters. The van der Waals surface area contributed by atoms with Crippen LogP contribution >= 0.6 is 0 Å². The van der Waals surface area contributed by atoms with Crippen LogP contribution in [-0.4, -0.2) is 63.7 Å². The predicted octanol–water partition coefficient (Wildman–Crippen LogP) is 1.85. The van der Waals surface area contributed by atoms with Gasteiger partial charge in [-0.25, -0.2) is 13.2 Å². The zero-order valence-electron chi connectivity index (χ0n) is 16.7. The number of nitrogens with zero attached hydrogens (tertiary/aromatic N) is 2. The Morgan fingerprint density at radius 1 is 0.967 bits per heavy atom. The molecule has 160 valence electrons. The Morgan fingerprint density at radius 3 is 2.33 bits per heavy atom. The minimum atomic E-state index is -3.43. The summed E-state index contributed by atoms with van der Waals surface area (Å²) in [6.07, 6.45) is 0. The number of sulfonamides is 1. The zero-order chi connectivity index (χ0) is 21.1. The lowest BCUT2D eigenvalue weighted by molar-refractivity contribution is 0.0600. The van der Waals surface area contributed by atoms with E-state index in [2.05, 4.69) is 9.64 Å². The van der Waals surface area contributed by atoms with Gasteiger partial charge < -0.3 is 14.2 Å². The van der Waals surface area contributed by atoms with Gasteiger partial charge in [0.05, 0.1) is 18.4 Å². The van der Waals surface area contributed by atoms with Gasteiger partial charge in [-0.2, -0.15) is 4.31 Å². The van der Waals surface area contributed by atoms with Crippen molar-refractivity contribution >= 4 is 16.0 Å². The summed E-state index contributed by atoms with van der Waals surface area (Å²) in [6, 6.07) is 12.4. The summed E-state index contributed by atoms with van der Waals surface area (Å²) in [6.45, 7) is 3.21. The van der Waals surface area contributed by atoms with Crippen LogP contribution in [-0.2, 0) is 27.1 Å². The van der Waals surface area contributed by atoms with E-state index >= 15 is 0 Å². The number of methoxy groups -OCH3 is 1. The Bertz CT molecular complexity index is 1010. The van der Waals surface area contributed by atoms with E-state index in [1.165, 1.54) is 11.4 Å². The number of esters is 1. The van der Waals surface area contributed by atoms with Crippen molar-refractivity contribution in [2.24, 2.45) is 0 Å². The highest BCUT2D eigenvalue weighted by molar-refractivity contribution is 7.88. The fourth-order valence-electron chi connectivity index (χ4n) is 3.62. The lowest BCUT2D eigenvalue weighted by atomic mass is 10.1. The number of carbonyl (C=O) groups is 1. The third kappa shape index (κ3) is 4.58. The molecule has 0 aromatic heterocycles. The highest BCUT2D eigenvalue weighted by Crippen LogP contribution is 2.32. The number of fused-ring (bicyclic) bond motifs is 1. The van der Waals surface area contributed by atoms with Crippen LogP contribution in [0.4, 0.5) is 0 Å². The number of hydrogen-bond acceptors (Lipinski definition) is 7. The van der Waals surface area contributed by atoms with Crippen molar-refractivity contribution in [2.75, 3.05) is 40.1 Å². The largest absolute Gasteiger partial charge is 0.465 e. The van der Waals surface area contributed by atoms with Crippen LogP contribution in [0.3, 0.4) is 0 Å². The van der Waals surface area contributed by atoms with Crippen LogP contribution in [0.25, 0.3) is 0 Å². The highest BCUT2D eigenvalue weighted by atomic mass is 32.2. The zero-order valence-corrected chi connectivity index (χ0v) is 17.6. The van der Waals surface area contributed by atoms with Gasteiger partial charge in [-0.15, -0.1) is 0 Å². The summed E-state index contributed by atoms with van der Waals surface area (Å²) in [4.78, 5) is 13.7. The van der Waals surface area contributed by atoms with E-state index in [0.29, 0.717) is 37.3 Å². The normalized spacial score (nSPS) is 17.1. The molecular weight excluding hydrogens is 408 g/mol. The Balaban J connectivity index is 1.32. The second-order valence-electron chi connectivity index (χ2n) is 7.31. The summed E-state index contributed by atoms with van der Waals surface area (Å²) < 4.78 is 42.6. The van der Waals surface area contributed by atoms with Gasteiger partial charge in [-0.3, -0.25) is 4.90 Å². The molecule has 0 spiro atoms. The monoisotopic (exact) mass is 432 g/mol. The van der Waals surface area contributed by atoms with Crippen LogP contribution in [0, 0.1) is 0 Å². The van der Waals surface area contributed by atoms with Crippen molar-refractivity contribution in [1.29, 1.82) is 0 Å². The maximum Gasteiger partial charge on any atom is 0.337 e. The molecule has 0 N–H and O–H groups in total. The predicted molar refractivity (Wildman–Crippen MR) is 110 cm³/mol. The second kappa shape index (κ2) is 8.63. The van der Waals surface area contributed by atoms with Gasteiger partial charge in [0.2, 0.25) is 16.8 Å². The van der Waals surface area contributed by atoms with Gasteiger partial charge in [0.1, 0.15) is 0 Å². The molecule has 1 saturated heterocycles. The lowest BCUT2D eigenvalue weighted by Gasteiger charge is -2.34. The molecule has 2 aromatic carbocycles. The molecule has 2 aromatic rings. The molecule has 0 saturated carbocycles. The highest BCUT2D eigenvalue weighted by Gasteiger charge is 2.27.